The van der Waals surface area contributed by atoms with Gasteiger partial charge in [-0.2, -0.15) is 10.2 Å². The number of nitrogens with zero attached hydrogens (tertiary/aromatic N) is 4. The number of benzene rings is 3. The fourth-order valence-electron chi connectivity index (χ4n) is 6.36. The fraction of sp³-hybridized carbons (Fsp3) is 0.371. The summed E-state index contributed by atoms with van der Waals surface area (Å²) in [6.45, 7) is 9.03. The summed E-state index contributed by atoms with van der Waals surface area (Å²) in [4.78, 5) is 33.8. The maximum atomic E-state index is 14.0. The molecule has 1 atom stereocenters. The second kappa shape index (κ2) is 12.0. The molecule has 7 heteroatoms. The number of Topliss-reactive ketones (excluding diaryl/α,β-unsaturated/α-hetero) is 1. The van der Waals surface area contributed by atoms with E-state index in [9.17, 15) is 9.59 Å². The van der Waals surface area contributed by atoms with Crippen LogP contribution in [0.4, 0.5) is 0 Å². The van der Waals surface area contributed by atoms with Crippen LogP contribution in [0.5, 0.6) is 0 Å². The summed E-state index contributed by atoms with van der Waals surface area (Å²) in [7, 11) is 0. The molecule has 3 aromatic carbocycles. The Labute approximate surface area is 247 Å². The van der Waals surface area contributed by atoms with Gasteiger partial charge < -0.3 is 9.88 Å². The fourth-order valence-corrected chi connectivity index (χ4v) is 6.36. The minimum absolute atomic E-state index is 0.119. The Morgan fingerprint density at radius 3 is 2.64 bits per heavy atom. The van der Waals surface area contributed by atoms with E-state index in [-0.39, 0.29) is 11.9 Å². The monoisotopic (exact) mass is 561 g/mol. The molecule has 2 aliphatic heterocycles. The molecule has 1 aromatic heterocycles. The zero-order valence-corrected chi connectivity index (χ0v) is 24.8. The molecular weight excluding hydrogens is 522 g/mol. The van der Waals surface area contributed by atoms with Gasteiger partial charge in [-0.15, -0.1) is 0 Å². The normalized spacial score (nSPS) is 17.6. The number of carbonyl (C=O) groups excluding carboxylic acids is 2. The average Bonchev–Trinajstić information content (AvgIpc) is 3.61. The molecule has 1 N–H and O–H groups in total. The highest BCUT2D eigenvalue weighted by atomic mass is 16.2. The maximum Gasteiger partial charge on any atom is 0.227 e. The molecule has 1 unspecified atom stereocenters. The van der Waals surface area contributed by atoms with Crippen LogP contribution in [0.15, 0.2) is 70.9 Å². The lowest BCUT2D eigenvalue weighted by Gasteiger charge is -2.41. The lowest BCUT2D eigenvalue weighted by atomic mass is 9.96. The van der Waals surface area contributed by atoms with Crippen molar-refractivity contribution in [3.8, 4) is 0 Å². The van der Waals surface area contributed by atoms with E-state index in [1.807, 2.05) is 17.9 Å². The number of aromatic amines is 1. The average molecular weight is 562 g/mol. The molecule has 1 amide bonds. The van der Waals surface area contributed by atoms with Crippen molar-refractivity contribution in [2.75, 3.05) is 26.2 Å². The number of hydrogen-bond acceptors (Lipinski definition) is 5. The zero-order chi connectivity index (χ0) is 29.2. The molecule has 0 aliphatic carbocycles. The van der Waals surface area contributed by atoms with E-state index in [2.05, 4.69) is 88.5 Å². The van der Waals surface area contributed by atoms with Gasteiger partial charge in [-0.05, 0) is 66.9 Å². The highest BCUT2D eigenvalue weighted by molar-refractivity contribution is 6.17. The standard InChI is InChI=1S/C35H39N5O2/c1-4-28(41)10-7-15-39-16-17-40(35(42)20-29-24(3)36-31-14-11-23(2)18-30(29)31)34(22-39)33-21-32(37-38-33)27-13-12-25-8-5-6-9-26(25)19-27/h5-6,8-9,11-14,18-19,34,36H,4,7,10,15-17,20-22H2,1-3H3. The molecule has 2 aliphatic rings. The zero-order valence-electron chi connectivity index (χ0n) is 24.8. The number of hydrogen-bond donors (Lipinski definition) is 1. The summed E-state index contributed by atoms with van der Waals surface area (Å²) < 4.78 is 0. The number of aromatic nitrogens is 1. The Morgan fingerprint density at radius 1 is 0.976 bits per heavy atom. The summed E-state index contributed by atoms with van der Waals surface area (Å²) in [5, 5.41) is 12.8. The molecule has 0 bridgehead atoms. The van der Waals surface area contributed by atoms with E-state index >= 15 is 0 Å². The van der Waals surface area contributed by atoms with Crippen molar-refractivity contribution in [3.63, 3.8) is 0 Å². The van der Waals surface area contributed by atoms with Crippen molar-refractivity contribution in [1.29, 1.82) is 0 Å². The molecule has 7 nitrogen and oxygen atoms in total. The predicted molar refractivity (Wildman–Crippen MR) is 170 cm³/mol. The van der Waals surface area contributed by atoms with Gasteiger partial charge in [-0.1, -0.05) is 55.0 Å². The van der Waals surface area contributed by atoms with Gasteiger partial charge in [0.1, 0.15) is 5.78 Å². The van der Waals surface area contributed by atoms with Crippen LogP contribution in [-0.4, -0.2) is 70.1 Å². The molecule has 4 aromatic rings. The lowest BCUT2D eigenvalue weighted by molar-refractivity contribution is -0.133. The molecular formula is C35H39N5O2. The number of ketones is 1. The van der Waals surface area contributed by atoms with Gasteiger partial charge in [-0.3, -0.25) is 14.5 Å². The van der Waals surface area contributed by atoms with E-state index in [1.165, 1.54) is 16.3 Å². The van der Waals surface area contributed by atoms with Gasteiger partial charge in [0.2, 0.25) is 5.91 Å². The van der Waals surface area contributed by atoms with Crippen LogP contribution in [-0.2, 0) is 16.0 Å². The van der Waals surface area contributed by atoms with Crippen molar-refractivity contribution < 1.29 is 9.59 Å². The summed E-state index contributed by atoms with van der Waals surface area (Å²) >= 11 is 0. The SMILES string of the molecule is CCC(=O)CCCN1CCN(C(=O)Cc2c(C)[nH]c3ccc(C)cc23)C(C2=NN=C(c3ccc4ccccc4c3)C2)C1. The third kappa shape index (κ3) is 5.79. The van der Waals surface area contributed by atoms with E-state index < -0.39 is 0 Å². The molecule has 216 valence electrons. The van der Waals surface area contributed by atoms with Crippen molar-refractivity contribution in [1.82, 2.24) is 14.8 Å². The number of H-pyrrole nitrogens is 1. The minimum atomic E-state index is -0.151. The van der Waals surface area contributed by atoms with Crippen molar-refractivity contribution in [3.05, 3.63) is 83.0 Å². The van der Waals surface area contributed by atoms with E-state index in [4.69, 9.17) is 0 Å². The second-order valence-electron chi connectivity index (χ2n) is 11.7. The molecule has 3 heterocycles. The van der Waals surface area contributed by atoms with Crippen LogP contribution < -0.4 is 0 Å². The first-order chi connectivity index (χ1) is 20.4. The Balaban J connectivity index is 1.22. The number of amides is 1. The largest absolute Gasteiger partial charge is 0.358 e. The van der Waals surface area contributed by atoms with E-state index in [1.54, 1.807) is 0 Å². The summed E-state index contributed by atoms with van der Waals surface area (Å²) in [5.74, 6) is 0.423. The van der Waals surface area contributed by atoms with E-state index in [0.717, 1.165) is 58.7 Å². The Morgan fingerprint density at radius 2 is 1.81 bits per heavy atom. The first-order valence-corrected chi connectivity index (χ1v) is 15.1. The molecule has 0 radical (unpaired) electrons. The number of nitrogens with one attached hydrogen (secondary N) is 1. The highest BCUT2D eigenvalue weighted by Crippen LogP contribution is 2.27. The topological polar surface area (TPSA) is 81.1 Å². The van der Waals surface area contributed by atoms with Crippen LogP contribution in [0, 0.1) is 13.8 Å². The van der Waals surface area contributed by atoms with E-state index in [0.29, 0.717) is 44.6 Å². The molecule has 6 rings (SSSR count). The quantitative estimate of drug-likeness (QED) is 0.272. The van der Waals surface area contributed by atoms with Crippen molar-refractivity contribution in [2.24, 2.45) is 10.2 Å². The first kappa shape index (κ1) is 28.0. The van der Waals surface area contributed by atoms with Gasteiger partial charge in [0, 0.05) is 55.5 Å². The first-order valence-electron chi connectivity index (χ1n) is 15.1. The number of aryl methyl sites for hydroxylation is 2. The number of carbonyl (C=O) groups is 2. The molecule has 0 saturated carbocycles. The van der Waals surface area contributed by atoms with Crippen LogP contribution in [0.25, 0.3) is 21.7 Å². The van der Waals surface area contributed by atoms with Crippen LogP contribution in [0.3, 0.4) is 0 Å². The van der Waals surface area contributed by atoms with Gasteiger partial charge in [0.15, 0.2) is 0 Å². The Hall–Kier alpha value is -4.10. The summed E-state index contributed by atoms with van der Waals surface area (Å²) in [6, 6.07) is 21.0. The minimum Gasteiger partial charge on any atom is -0.358 e. The Bertz CT molecular complexity index is 1720. The number of piperazine rings is 1. The van der Waals surface area contributed by atoms with Gasteiger partial charge in [-0.25, -0.2) is 0 Å². The highest BCUT2D eigenvalue weighted by Gasteiger charge is 2.36. The predicted octanol–water partition coefficient (Wildman–Crippen LogP) is 6.00. The third-order valence-corrected chi connectivity index (χ3v) is 8.83. The molecule has 42 heavy (non-hydrogen) atoms. The van der Waals surface area contributed by atoms with Gasteiger partial charge in [0.05, 0.1) is 23.9 Å². The smallest absolute Gasteiger partial charge is 0.227 e. The van der Waals surface area contributed by atoms with Crippen molar-refractivity contribution in [2.45, 2.75) is 58.9 Å². The Kier molecular flexibility index (Phi) is 8.02. The lowest BCUT2D eigenvalue weighted by Crippen LogP contribution is -2.58. The maximum absolute atomic E-state index is 14.0. The number of fused-ring (bicyclic) bond motifs is 2. The van der Waals surface area contributed by atoms with Crippen LogP contribution >= 0.6 is 0 Å². The molecule has 1 fully saturated rings. The van der Waals surface area contributed by atoms with Gasteiger partial charge >= 0.3 is 0 Å². The van der Waals surface area contributed by atoms with Crippen LogP contribution in [0.2, 0.25) is 0 Å². The number of rotatable bonds is 9. The second-order valence-corrected chi connectivity index (χ2v) is 11.7. The summed E-state index contributed by atoms with van der Waals surface area (Å²) in [6.07, 6.45) is 3.01. The van der Waals surface area contributed by atoms with Crippen molar-refractivity contribution >= 4 is 44.8 Å². The molecule has 1 saturated heterocycles. The summed E-state index contributed by atoms with van der Waals surface area (Å²) in [5.41, 5.74) is 7.31. The van der Waals surface area contributed by atoms with Gasteiger partial charge in [0.25, 0.3) is 0 Å². The van der Waals surface area contributed by atoms with Crippen LogP contribution in [0.1, 0.15) is 55.0 Å². The molecule has 0 spiro atoms. The third-order valence-electron chi connectivity index (χ3n) is 8.83.